The molecule has 22 heavy (non-hydrogen) atoms. The number of hydrogen-bond acceptors (Lipinski definition) is 3. The fourth-order valence-electron chi connectivity index (χ4n) is 2.86. The number of likely N-dealkylation sites (tertiary alicyclic amines) is 1. The monoisotopic (exact) mass is 325 g/mol. The predicted molar refractivity (Wildman–Crippen MR) is 87.2 cm³/mol. The zero-order valence-corrected chi connectivity index (χ0v) is 14.1. The van der Waals surface area contributed by atoms with Gasteiger partial charge in [-0.15, -0.1) is 0 Å². The molecule has 1 heterocycles. The molecule has 1 N–H and O–H groups in total. The van der Waals surface area contributed by atoms with Crippen molar-refractivity contribution in [3.63, 3.8) is 0 Å². The van der Waals surface area contributed by atoms with Crippen molar-refractivity contribution < 1.29 is 14.6 Å². The Kier molecular flexibility index (Phi) is 5.35. The van der Waals surface area contributed by atoms with Gasteiger partial charge >= 0.3 is 6.09 Å². The van der Waals surface area contributed by atoms with E-state index in [-0.39, 0.29) is 24.5 Å². The molecule has 1 aliphatic rings. The van der Waals surface area contributed by atoms with Crippen molar-refractivity contribution >= 4 is 17.7 Å². The Morgan fingerprint density at radius 3 is 2.55 bits per heavy atom. The molecule has 5 heteroatoms. The fourth-order valence-corrected chi connectivity index (χ4v) is 2.98. The lowest BCUT2D eigenvalue weighted by Gasteiger charge is -2.38. The van der Waals surface area contributed by atoms with E-state index >= 15 is 0 Å². The zero-order chi connectivity index (χ0) is 16.3. The van der Waals surface area contributed by atoms with Crippen LogP contribution in [0.5, 0.6) is 0 Å². The maximum atomic E-state index is 12.2. The van der Waals surface area contributed by atoms with Gasteiger partial charge in [0.2, 0.25) is 0 Å². The normalized spacial score (nSPS) is 22.5. The quantitative estimate of drug-likeness (QED) is 0.902. The van der Waals surface area contributed by atoms with Crippen LogP contribution in [-0.4, -0.2) is 41.4 Å². The molecule has 1 unspecified atom stereocenters. The molecule has 0 radical (unpaired) electrons. The highest BCUT2D eigenvalue weighted by atomic mass is 35.5. The summed E-state index contributed by atoms with van der Waals surface area (Å²) in [5, 5.41) is 10.4. The standard InChI is InChI=1S/C17H24ClNO3/c1-17(2,3)22-16(21)19-9-8-15(13(10-19)11-20)12-4-6-14(18)7-5-12/h4-7,13,15,20H,8-11H2,1-3H3/t13-,15?/m1/s1. The summed E-state index contributed by atoms with van der Waals surface area (Å²) in [5.74, 6) is 0.253. The molecule has 2 atom stereocenters. The molecule has 1 aliphatic heterocycles. The maximum Gasteiger partial charge on any atom is 0.410 e. The van der Waals surface area contributed by atoms with Gasteiger partial charge < -0.3 is 14.7 Å². The summed E-state index contributed by atoms with van der Waals surface area (Å²) in [5.41, 5.74) is 0.658. The van der Waals surface area contributed by atoms with Crippen LogP contribution >= 0.6 is 11.6 Å². The molecule has 122 valence electrons. The predicted octanol–water partition coefficient (Wildman–Crippen LogP) is 3.67. The van der Waals surface area contributed by atoms with Crippen molar-refractivity contribution in [3.05, 3.63) is 34.9 Å². The highest BCUT2D eigenvalue weighted by Crippen LogP contribution is 2.33. The minimum absolute atomic E-state index is 0.0162. The Morgan fingerprint density at radius 1 is 1.36 bits per heavy atom. The van der Waals surface area contributed by atoms with Crippen LogP contribution in [0.2, 0.25) is 5.02 Å². The van der Waals surface area contributed by atoms with E-state index in [1.54, 1.807) is 4.90 Å². The Morgan fingerprint density at radius 2 is 2.00 bits per heavy atom. The summed E-state index contributed by atoms with van der Waals surface area (Å²) in [4.78, 5) is 13.9. The summed E-state index contributed by atoms with van der Waals surface area (Å²) in [6.07, 6.45) is 0.507. The Bertz CT molecular complexity index is 510. The Labute approximate surface area is 137 Å². The molecular weight excluding hydrogens is 302 g/mol. The number of carbonyl (C=O) groups is 1. The molecule has 4 nitrogen and oxygen atoms in total. The highest BCUT2D eigenvalue weighted by molar-refractivity contribution is 6.30. The van der Waals surface area contributed by atoms with Gasteiger partial charge in [-0.1, -0.05) is 23.7 Å². The maximum absolute atomic E-state index is 12.2. The molecule has 0 spiro atoms. The van der Waals surface area contributed by atoms with Crippen molar-refractivity contribution in [3.8, 4) is 0 Å². The molecule has 2 rings (SSSR count). The lowest BCUT2D eigenvalue weighted by atomic mass is 9.81. The van der Waals surface area contributed by atoms with E-state index in [0.29, 0.717) is 18.1 Å². The van der Waals surface area contributed by atoms with Gasteiger partial charge in [0, 0.05) is 30.6 Å². The second kappa shape index (κ2) is 6.88. The third-order valence-corrected chi connectivity index (χ3v) is 4.17. The number of piperidine rings is 1. The molecule has 0 saturated carbocycles. The van der Waals surface area contributed by atoms with Crippen molar-refractivity contribution in [2.75, 3.05) is 19.7 Å². The van der Waals surface area contributed by atoms with Gasteiger partial charge in [0.05, 0.1) is 0 Å². The van der Waals surface area contributed by atoms with Gasteiger partial charge in [-0.2, -0.15) is 0 Å². The number of hydrogen-bond donors (Lipinski definition) is 1. The van der Waals surface area contributed by atoms with Gasteiger partial charge in [0.1, 0.15) is 5.60 Å². The van der Waals surface area contributed by atoms with Gasteiger partial charge in [0.15, 0.2) is 0 Å². The number of aliphatic hydroxyl groups excluding tert-OH is 1. The number of rotatable bonds is 2. The van der Waals surface area contributed by atoms with Crippen LogP contribution in [0, 0.1) is 5.92 Å². The SMILES string of the molecule is CC(C)(C)OC(=O)N1CCC(c2ccc(Cl)cc2)[C@@H](CO)C1. The molecule has 1 aromatic rings. The largest absolute Gasteiger partial charge is 0.444 e. The van der Waals surface area contributed by atoms with Crippen molar-refractivity contribution in [2.45, 2.75) is 38.7 Å². The van der Waals surface area contributed by atoms with Crippen molar-refractivity contribution in [1.29, 1.82) is 0 Å². The van der Waals surface area contributed by atoms with Crippen LogP contribution in [0.1, 0.15) is 38.7 Å². The topological polar surface area (TPSA) is 49.8 Å². The van der Waals surface area contributed by atoms with Crippen LogP contribution < -0.4 is 0 Å². The van der Waals surface area contributed by atoms with E-state index in [1.165, 1.54) is 0 Å². The third-order valence-electron chi connectivity index (χ3n) is 3.92. The molecule has 1 fully saturated rings. The molecule has 0 aromatic heterocycles. The van der Waals surface area contributed by atoms with Gasteiger partial charge in [-0.3, -0.25) is 0 Å². The first kappa shape index (κ1) is 17.1. The highest BCUT2D eigenvalue weighted by Gasteiger charge is 2.33. The van der Waals surface area contributed by atoms with Crippen molar-refractivity contribution in [1.82, 2.24) is 4.90 Å². The first-order valence-corrected chi connectivity index (χ1v) is 8.02. The number of aliphatic hydroxyl groups is 1. The van der Waals surface area contributed by atoms with Gasteiger partial charge in [-0.05, 0) is 50.8 Å². The minimum atomic E-state index is -0.501. The van der Waals surface area contributed by atoms with E-state index in [4.69, 9.17) is 16.3 Å². The Hall–Kier alpha value is -1.26. The van der Waals surface area contributed by atoms with Crippen LogP contribution in [0.3, 0.4) is 0 Å². The number of nitrogens with zero attached hydrogens (tertiary/aromatic N) is 1. The van der Waals surface area contributed by atoms with E-state index < -0.39 is 5.60 Å². The van der Waals surface area contributed by atoms with Crippen LogP contribution in [0.4, 0.5) is 4.79 Å². The summed E-state index contributed by atoms with van der Waals surface area (Å²) < 4.78 is 5.41. The molecule has 1 aromatic carbocycles. The molecule has 0 bridgehead atoms. The summed E-state index contributed by atoms with van der Waals surface area (Å²) in [6.45, 7) is 6.77. The average Bonchev–Trinajstić information content (AvgIpc) is 2.45. The molecule has 0 aliphatic carbocycles. The van der Waals surface area contributed by atoms with E-state index in [0.717, 1.165) is 12.0 Å². The van der Waals surface area contributed by atoms with Crippen LogP contribution in [-0.2, 0) is 4.74 Å². The zero-order valence-electron chi connectivity index (χ0n) is 13.4. The summed E-state index contributed by atoms with van der Waals surface area (Å²) >= 11 is 5.93. The molecule has 1 saturated heterocycles. The summed E-state index contributed by atoms with van der Waals surface area (Å²) in [6, 6.07) is 7.73. The number of ether oxygens (including phenoxy) is 1. The third kappa shape index (κ3) is 4.37. The number of halogens is 1. The number of benzene rings is 1. The Balaban J connectivity index is 2.05. The first-order chi connectivity index (χ1) is 10.3. The number of carbonyl (C=O) groups excluding carboxylic acids is 1. The van der Waals surface area contributed by atoms with Gasteiger partial charge in [0.25, 0.3) is 0 Å². The fraction of sp³-hybridized carbons (Fsp3) is 0.588. The van der Waals surface area contributed by atoms with Gasteiger partial charge in [-0.25, -0.2) is 4.79 Å². The van der Waals surface area contributed by atoms with E-state index in [9.17, 15) is 9.90 Å². The smallest absolute Gasteiger partial charge is 0.410 e. The second-order valence-electron chi connectivity index (χ2n) is 6.82. The lowest BCUT2D eigenvalue weighted by molar-refractivity contribution is 0.0102. The van der Waals surface area contributed by atoms with Crippen LogP contribution in [0.15, 0.2) is 24.3 Å². The average molecular weight is 326 g/mol. The van der Waals surface area contributed by atoms with E-state index in [2.05, 4.69) is 0 Å². The lowest BCUT2D eigenvalue weighted by Crippen LogP contribution is -2.46. The molecular formula is C17H24ClNO3. The van der Waals surface area contributed by atoms with Crippen molar-refractivity contribution in [2.24, 2.45) is 5.92 Å². The second-order valence-corrected chi connectivity index (χ2v) is 7.25. The first-order valence-electron chi connectivity index (χ1n) is 7.64. The van der Waals surface area contributed by atoms with E-state index in [1.807, 2.05) is 45.0 Å². The van der Waals surface area contributed by atoms with Crippen LogP contribution in [0.25, 0.3) is 0 Å². The minimum Gasteiger partial charge on any atom is -0.444 e. The number of amides is 1. The summed E-state index contributed by atoms with van der Waals surface area (Å²) in [7, 11) is 0. The molecule has 1 amide bonds.